The summed E-state index contributed by atoms with van der Waals surface area (Å²) < 4.78 is 2.13. The van der Waals surface area contributed by atoms with Crippen molar-refractivity contribution in [2.24, 2.45) is 0 Å². The van der Waals surface area contributed by atoms with Crippen molar-refractivity contribution in [2.45, 2.75) is 51.7 Å². The summed E-state index contributed by atoms with van der Waals surface area (Å²) in [7, 11) is 0. The summed E-state index contributed by atoms with van der Waals surface area (Å²) in [6, 6.07) is 8.27. The normalized spacial score (nSPS) is 17.9. The van der Waals surface area contributed by atoms with Gasteiger partial charge >= 0.3 is 0 Å². The molecule has 1 amide bonds. The van der Waals surface area contributed by atoms with Gasteiger partial charge in [-0.1, -0.05) is 6.07 Å². The fourth-order valence-corrected chi connectivity index (χ4v) is 3.93. The van der Waals surface area contributed by atoms with E-state index in [1.165, 1.54) is 5.69 Å². The van der Waals surface area contributed by atoms with Gasteiger partial charge in [0.25, 0.3) is 0 Å². The quantitative estimate of drug-likeness (QED) is 0.827. The van der Waals surface area contributed by atoms with Gasteiger partial charge in [0.05, 0.1) is 17.1 Å². The molecule has 0 bridgehead atoms. The summed E-state index contributed by atoms with van der Waals surface area (Å²) in [4.78, 5) is 21.1. The third-order valence-electron chi connectivity index (χ3n) is 5.31. The molecule has 4 heterocycles. The van der Waals surface area contributed by atoms with Gasteiger partial charge in [0.15, 0.2) is 0 Å². The van der Waals surface area contributed by atoms with Crippen molar-refractivity contribution in [1.82, 2.24) is 24.6 Å². The second-order valence-electron chi connectivity index (χ2n) is 7.32. The number of likely N-dealkylation sites (tertiary alicyclic amines) is 1. The van der Waals surface area contributed by atoms with Gasteiger partial charge in [-0.05, 0) is 37.5 Å². The standard InChI is InChI=1S/C20H27N5O/c26-20(24-11-3-4-12-24)8-7-17-14-19-16-23(10-5-13-25(19)22-17)15-18-6-1-2-9-21-18/h1-2,6,9,14H,3-5,7-8,10-13,15-16H2. The van der Waals surface area contributed by atoms with Crippen molar-refractivity contribution < 1.29 is 4.79 Å². The van der Waals surface area contributed by atoms with E-state index in [-0.39, 0.29) is 5.91 Å². The summed E-state index contributed by atoms with van der Waals surface area (Å²) in [5.41, 5.74) is 3.41. The van der Waals surface area contributed by atoms with Crippen LogP contribution < -0.4 is 0 Å². The number of rotatable bonds is 5. The van der Waals surface area contributed by atoms with Crippen LogP contribution in [0.3, 0.4) is 0 Å². The number of amides is 1. The van der Waals surface area contributed by atoms with Gasteiger partial charge in [-0.2, -0.15) is 5.10 Å². The zero-order valence-corrected chi connectivity index (χ0v) is 15.3. The molecule has 0 aliphatic carbocycles. The third kappa shape index (κ3) is 4.12. The Kier molecular flexibility index (Phi) is 5.29. The Labute approximate surface area is 154 Å². The number of nitrogens with zero attached hydrogens (tertiary/aromatic N) is 5. The highest BCUT2D eigenvalue weighted by Gasteiger charge is 2.20. The lowest BCUT2D eigenvalue weighted by Gasteiger charge is -2.18. The van der Waals surface area contributed by atoms with Crippen molar-refractivity contribution in [3.8, 4) is 0 Å². The van der Waals surface area contributed by atoms with Crippen LogP contribution in [0.4, 0.5) is 0 Å². The Hall–Kier alpha value is -2.21. The van der Waals surface area contributed by atoms with E-state index < -0.39 is 0 Å². The predicted molar refractivity (Wildman–Crippen MR) is 99.3 cm³/mol. The molecule has 26 heavy (non-hydrogen) atoms. The highest BCUT2D eigenvalue weighted by atomic mass is 16.2. The van der Waals surface area contributed by atoms with Crippen molar-refractivity contribution in [2.75, 3.05) is 19.6 Å². The lowest BCUT2D eigenvalue weighted by Crippen LogP contribution is -2.27. The van der Waals surface area contributed by atoms with E-state index in [0.29, 0.717) is 6.42 Å². The Bertz CT molecular complexity index is 736. The van der Waals surface area contributed by atoms with Gasteiger partial charge < -0.3 is 4.90 Å². The van der Waals surface area contributed by atoms with Crippen LogP contribution in [0.2, 0.25) is 0 Å². The van der Waals surface area contributed by atoms with Gasteiger partial charge in [-0.25, -0.2) is 0 Å². The molecule has 0 aromatic carbocycles. The van der Waals surface area contributed by atoms with E-state index in [1.807, 2.05) is 23.2 Å². The fourth-order valence-electron chi connectivity index (χ4n) is 3.93. The molecular weight excluding hydrogens is 326 g/mol. The fraction of sp³-hybridized carbons (Fsp3) is 0.550. The van der Waals surface area contributed by atoms with E-state index in [4.69, 9.17) is 5.10 Å². The second kappa shape index (κ2) is 7.99. The highest BCUT2D eigenvalue weighted by molar-refractivity contribution is 5.76. The van der Waals surface area contributed by atoms with Crippen LogP contribution in [-0.2, 0) is 30.8 Å². The molecule has 6 nitrogen and oxygen atoms in total. The van der Waals surface area contributed by atoms with Gasteiger partial charge in [-0.3, -0.25) is 19.4 Å². The van der Waals surface area contributed by atoms with Crippen LogP contribution in [0, 0.1) is 0 Å². The second-order valence-corrected chi connectivity index (χ2v) is 7.32. The molecule has 4 rings (SSSR count). The maximum absolute atomic E-state index is 12.2. The average Bonchev–Trinajstić information content (AvgIpc) is 3.28. The first kappa shape index (κ1) is 17.2. The monoisotopic (exact) mass is 353 g/mol. The largest absolute Gasteiger partial charge is 0.343 e. The van der Waals surface area contributed by atoms with Gasteiger partial charge in [0, 0.05) is 58.3 Å². The molecule has 0 unspecified atom stereocenters. The molecule has 0 spiro atoms. The first-order chi connectivity index (χ1) is 12.8. The van der Waals surface area contributed by atoms with E-state index in [1.54, 1.807) is 0 Å². The zero-order chi connectivity index (χ0) is 17.8. The Morgan fingerprint density at radius 1 is 1.04 bits per heavy atom. The van der Waals surface area contributed by atoms with E-state index >= 15 is 0 Å². The van der Waals surface area contributed by atoms with Crippen LogP contribution in [0.5, 0.6) is 0 Å². The van der Waals surface area contributed by atoms with Crippen molar-refractivity contribution in [3.63, 3.8) is 0 Å². The third-order valence-corrected chi connectivity index (χ3v) is 5.31. The van der Waals surface area contributed by atoms with Gasteiger partial charge in [0.1, 0.15) is 0 Å². The summed E-state index contributed by atoms with van der Waals surface area (Å²) in [6.45, 7) is 5.64. The van der Waals surface area contributed by atoms with Crippen LogP contribution in [-0.4, -0.2) is 50.1 Å². The number of hydrogen-bond acceptors (Lipinski definition) is 4. The number of fused-ring (bicyclic) bond motifs is 1. The summed E-state index contributed by atoms with van der Waals surface area (Å²) in [6.07, 6.45) is 6.57. The van der Waals surface area contributed by atoms with E-state index in [2.05, 4.69) is 26.7 Å². The van der Waals surface area contributed by atoms with Crippen LogP contribution in [0.1, 0.15) is 42.8 Å². The van der Waals surface area contributed by atoms with Crippen molar-refractivity contribution in [1.29, 1.82) is 0 Å². The highest BCUT2D eigenvalue weighted by Crippen LogP contribution is 2.17. The topological polar surface area (TPSA) is 54.3 Å². The molecule has 1 saturated heterocycles. The average molecular weight is 353 g/mol. The van der Waals surface area contributed by atoms with Crippen molar-refractivity contribution >= 4 is 5.91 Å². The molecule has 6 heteroatoms. The van der Waals surface area contributed by atoms with Gasteiger partial charge in [-0.15, -0.1) is 0 Å². The predicted octanol–water partition coefficient (Wildman–Crippen LogP) is 2.24. The lowest BCUT2D eigenvalue weighted by molar-refractivity contribution is -0.130. The minimum atomic E-state index is 0.280. The Morgan fingerprint density at radius 2 is 1.92 bits per heavy atom. The minimum Gasteiger partial charge on any atom is -0.343 e. The maximum atomic E-state index is 12.2. The molecule has 138 valence electrons. The number of carbonyl (C=O) groups is 1. The number of pyridine rings is 1. The SMILES string of the molecule is O=C(CCc1cc2n(n1)CCCN(Cc1ccccn1)C2)N1CCCC1. The molecule has 0 saturated carbocycles. The summed E-state index contributed by atoms with van der Waals surface area (Å²) in [5.74, 6) is 0.280. The van der Waals surface area contributed by atoms with E-state index in [0.717, 1.165) is 76.3 Å². The molecule has 0 N–H and O–H groups in total. The molecule has 2 aliphatic heterocycles. The first-order valence-electron chi connectivity index (χ1n) is 9.73. The minimum absolute atomic E-state index is 0.280. The van der Waals surface area contributed by atoms with Crippen LogP contribution in [0.15, 0.2) is 30.5 Å². The number of hydrogen-bond donors (Lipinski definition) is 0. The maximum Gasteiger partial charge on any atom is 0.222 e. The molecule has 1 fully saturated rings. The number of aromatic nitrogens is 3. The van der Waals surface area contributed by atoms with Gasteiger partial charge in [0.2, 0.25) is 5.91 Å². The number of carbonyl (C=O) groups excluding carboxylic acids is 1. The Morgan fingerprint density at radius 3 is 2.73 bits per heavy atom. The molecule has 0 atom stereocenters. The molecule has 2 aliphatic rings. The van der Waals surface area contributed by atoms with Crippen molar-refractivity contribution in [3.05, 3.63) is 47.5 Å². The molecule has 0 radical (unpaired) electrons. The van der Waals surface area contributed by atoms with Crippen LogP contribution in [0.25, 0.3) is 0 Å². The first-order valence-corrected chi connectivity index (χ1v) is 9.73. The van der Waals surface area contributed by atoms with E-state index in [9.17, 15) is 4.79 Å². The molecule has 2 aromatic rings. The lowest BCUT2D eigenvalue weighted by atomic mass is 10.2. The molecule has 2 aromatic heterocycles. The molecular formula is C20H27N5O. The summed E-state index contributed by atoms with van der Waals surface area (Å²) in [5, 5.41) is 4.75. The smallest absolute Gasteiger partial charge is 0.222 e. The number of aryl methyl sites for hydroxylation is 2. The summed E-state index contributed by atoms with van der Waals surface area (Å²) >= 11 is 0. The Balaban J connectivity index is 1.36. The zero-order valence-electron chi connectivity index (χ0n) is 15.3. The van der Waals surface area contributed by atoms with Crippen LogP contribution >= 0.6 is 0 Å².